The molecule has 1 amide bonds. The molecule has 0 aliphatic carbocycles. The summed E-state index contributed by atoms with van der Waals surface area (Å²) in [7, 11) is 1.54. The second-order valence-corrected chi connectivity index (χ2v) is 7.68. The lowest BCUT2D eigenvalue weighted by Crippen LogP contribution is -2.10. The molecule has 8 heteroatoms. The molecule has 0 radical (unpaired) electrons. The van der Waals surface area contributed by atoms with Crippen molar-refractivity contribution in [3.63, 3.8) is 0 Å². The molecular formula is C24H21N5O2S. The van der Waals surface area contributed by atoms with Crippen molar-refractivity contribution >= 4 is 34.2 Å². The van der Waals surface area contributed by atoms with Gasteiger partial charge in [0.25, 0.3) is 5.91 Å². The van der Waals surface area contributed by atoms with E-state index >= 15 is 0 Å². The van der Waals surface area contributed by atoms with Crippen molar-refractivity contribution < 1.29 is 9.53 Å². The summed E-state index contributed by atoms with van der Waals surface area (Å²) in [6, 6.07) is 5.28. The van der Waals surface area contributed by atoms with Crippen LogP contribution in [-0.4, -0.2) is 32.6 Å². The predicted molar refractivity (Wildman–Crippen MR) is 128 cm³/mol. The number of ether oxygens (including phenoxy) is 1. The minimum absolute atomic E-state index is 0.204. The fraction of sp³-hybridized carbons (Fsp3) is 0.0833. The van der Waals surface area contributed by atoms with Gasteiger partial charge in [-0.25, -0.2) is 14.5 Å². The number of aromatic nitrogens is 4. The zero-order valence-electron chi connectivity index (χ0n) is 17.6. The maximum atomic E-state index is 12.6. The van der Waals surface area contributed by atoms with Gasteiger partial charge in [0.15, 0.2) is 5.65 Å². The molecule has 0 spiro atoms. The van der Waals surface area contributed by atoms with E-state index in [9.17, 15) is 4.79 Å². The number of methoxy groups -OCH3 is 1. The summed E-state index contributed by atoms with van der Waals surface area (Å²) >= 11 is 1.36. The van der Waals surface area contributed by atoms with Crippen molar-refractivity contribution in [1.29, 1.82) is 0 Å². The lowest BCUT2D eigenvalue weighted by molar-refractivity contribution is 0.103. The van der Waals surface area contributed by atoms with Gasteiger partial charge in [0.05, 0.1) is 30.1 Å². The number of amides is 1. The number of nitrogens with zero attached hydrogens (tertiary/aromatic N) is 4. The summed E-state index contributed by atoms with van der Waals surface area (Å²) in [4.78, 5) is 21.9. The van der Waals surface area contributed by atoms with Crippen LogP contribution >= 0.6 is 11.3 Å². The standard InChI is InChI=1S/C24H21N5O2S/c1-4-6-7-16(5-2)18-11-26-23-20(13-27-29(23)14-18)17-10-21(32-15-17)24(30)28-19-8-9-22(31-3)25-12-19/h4-15H,2H2,1,3H3,(H,28,30)/b6-4-,16-7+. The maximum Gasteiger partial charge on any atom is 0.265 e. The minimum atomic E-state index is -0.204. The van der Waals surface area contributed by atoms with Crippen LogP contribution in [0.5, 0.6) is 5.88 Å². The fourth-order valence-electron chi connectivity index (χ4n) is 3.07. The summed E-state index contributed by atoms with van der Waals surface area (Å²) in [5.74, 6) is 0.285. The van der Waals surface area contributed by atoms with Crippen molar-refractivity contribution in [3.8, 4) is 17.0 Å². The predicted octanol–water partition coefficient (Wildman–Crippen LogP) is 5.26. The number of hydrogen-bond acceptors (Lipinski definition) is 6. The van der Waals surface area contributed by atoms with Crippen molar-refractivity contribution in [2.24, 2.45) is 0 Å². The highest BCUT2D eigenvalue weighted by Crippen LogP contribution is 2.29. The van der Waals surface area contributed by atoms with Crippen LogP contribution < -0.4 is 10.1 Å². The van der Waals surface area contributed by atoms with Gasteiger partial charge in [-0.05, 0) is 35.6 Å². The highest BCUT2D eigenvalue weighted by Gasteiger charge is 2.15. The average Bonchev–Trinajstić information content (AvgIpc) is 3.47. The molecule has 0 fully saturated rings. The van der Waals surface area contributed by atoms with E-state index in [2.05, 4.69) is 27.0 Å². The molecule has 4 aromatic heterocycles. The summed E-state index contributed by atoms with van der Waals surface area (Å²) in [6.07, 6.45) is 14.7. The molecule has 0 saturated carbocycles. The van der Waals surface area contributed by atoms with Crippen LogP contribution in [0.1, 0.15) is 22.2 Å². The average molecular weight is 444 g/mol. The number of hydrogen-bond donors (Lipinski definition) is 1. The van der Waals surface area contributed by atoms with Crippen molar-refractivity contribution in [1.82, 2.24) is 19.6 Å². The van der Waals surface area contributed by atoms with E-state index in [-0.39, 0.29) is 5.91 Å². The Hall–Kier alpha value is -4.04. The van der Waals surface area contributed by atoms with E-state index in [1.807, 2.05) is 42.8 Å². The molecule has 0 atom stereocenters. The molecule has 0 bridgehead atoms. The van der Waals surface area contributed by atoms with Crippen molar-refractivity contribution in [3.05, 3.63) is 89.7 Å². The summed E-state index contributed by atoms with van der Waals surface area (Å²) in [5.41, 5.74) is 4.93. The molecule has 0 aromatic carbocycles. The third-order valence-corrected chi connectivity index (χ3v) is 5.64. The van der Waals surface area contributed by atoms with Gasteiger partial charge in [-0.2, -0.15) is 5.10 Å². The van der Waals surface area contributed by atoms with Gasteiger partial charge >= 0.3 is 0 Å². The Balaban J connectivity index is 1.57. The molecule has 7 nitrogen and oxygen atoms in total. The van der Waals surface area contributed by atoms with Crippen LogP contribution in [0.15, 0.2) is 79.2 Å². The van der Waals surface area contributed by atoms with Crippen LogP contribution in [0.25, 0.3) is 22.3 Å². The number of rotatable bonds is 7. The van der Waals surface area contributed by atoms with E-state index in [0.717, 1.165) is 22.3 Å². The zero-order chi connectivity index (χ0) is 22.5. The molecule has 0 aliphatic rings. The molecule has 1 N–H and O–H groups in total. The fourth-order valence-corrected chi connectivity index (χ4v) is 3.88. The van der Waals surface area contributed by atoms with E-state index in [0.29, 0.717) is 22.1 Å². The largest absolute Gasteiger partial charge is 0.481 e. The van der Waals surface area contributed by atoms with Crippen molar-refractivity contribution in [2.45, 2.75) is 6.92 Å². The second kappa shape index (κ2) is 9.40. The quantitative estimate of drug-likeness (QED) is 0.394. The third-order valence-electron chi connectivity index (χ3n) is 4.72. The minimum Gasteiger partial charge on any atom is -0.481 e. The number of thiophene rings is 1. The lowest BCUT2D eigenvalue weighted by atomic mass is 10.1. The topological polar surface area (TPSA) is 81.4 Å². The Bertz CT molecular complexity index is 1330. The van der Waals surface area contributed by atoms with Gasteiger partial charge in [-0.15, -0.1) is 11.3 Å². The normalized spacial score (nSPS) is 11.8. The molecule has 4 heterocycles. The number of pyridine rings is 1. The van der Waals surface area contributed by atoms with E-state index in [1.165, 1.54) is 11.3 Å². The van der Waals surface area contributed by atoms with Gasteiger partial charge in [-0.1, -0.05) is 30.9 Å². The Kier molecular flexibility index (Phi) is 6.23. The third kappa shape index (κ3) is 4.35. The molecule has 160 valence electrons. The van der Waals surface area contributed by atoms with Gasteiger partial charge in [0, 0.05) is 29.6 Å². The summed E-state index contributed by atoms with van der Waals surface area (Å²) < 4.78 is 6.77. The van der Waals surface area contributed by atoms with E-state index < -0.39 is 0 Å². The zero-order valence-corrected chi connectivity index (χ0v) is 18.5. The van der Waals surface area contributed by atoms with Crippen LogP contribution in [0.2, 0.25) is 0 Å². The second-order valence-electron chi connectivity index (χ2n) is 6.76. The SMILES string of the molecule is C=C/C(=C\C=C/C)c1cnc2c(-c3csc(C(=O)Nc4ccc(OC)nc4)c3)cnn2c1. The first-order valence-corrected chi connectivity index (χ1v) is 10.7. The first-order valence-electron chi connectivity index (χ1n) is 9.82. The Morgan fingerprint density at radius 1 is 1.25 bits per heavy atom. The molecule has 32 heavy (non-hydrogen) atoms. The number of fused-ring (bicyclic) bond motifs is 1. The van der Waals surface area contributed by atoms with Gasteiger partial charge in [-0.3, -0.25) is 4.79 Å². The number of allylic oxidation sites excluding steroid dienone is 5. The Morgan fingerprint density at radius 3 is 2.84 bits per heavy atom. The number of anilines is 1. The van der Waals surface area contributed by atoms with Crippen LogP contribution in [0.4, 0.5) is 5.69 Å². The molecule has 4 rings (SSSR count). The Labute approximate surface area is 189 Å². The Morgan fingerprint density at radius 2 is 2.12 bits per heavy atom. The van der Waals surface area contributed by atoms with Crippen LogP contribution in [0, 0.1) is 0 Å². The van der Waals surface area contributed by atoms with Gasteiger partial charge in [0.1, 0.15) is 0 Å². The molecular weight excluding hydrogens is 422 g/mol. The van der Waals surface area contributed by atoms with E-state index in [4.69, 9.17) is 4.74 Å². The summed E-state index contributed by atoms with van der Waals surface area (Å²) in [6.45, 7) is 5.83. The van der Waals surface area contributed by atoms with Crippen molar-refractivity contribution in [2.75, 3.05) is 12.4 Å². The molecule has 4 aromatic rings. The highest BCUT2D eigenvalue weighted by atomic mass is 32.1. The molecule has 0 saturated heterocycles. The van der Waals surface area contributed by atoms with E-state index in [1.54, 1.807) is 48.4 Å². The first-order chi connectivity index (χ1) is 15.6. The highest BCUT2D eigenvalue weighted by molar-refractivity contribution is 7.12. The van der Waals surface area contributed by atoms with Gasteiger partial charge < -0.3 is 10.1 Å². The summed E-state index contributed by atoms with van der Waals surface area (Å²) in [5, 5.41) is 9.22. The smallest absolute Gasteiger partial charge is 0.265 e. The molecule has 0 unspecified atom stereocenters. The monoisotopic (exact) mass is 443 g/mol. The number of carbonyl (C=O) groups is 1. The first kappa shape index (κ1) is 21.2. The molecule has 0 aliphatic heterocycles. The number of carbonyl (C=O) groups excluding carboxylic acids is 1. The maximum absolute atomic E-state index is 12.6. The van der Waals surface area contributed by atoms with Gasteiger partial charge in [0.2, 0.25) is 5.88 Å². The van der Waals surface area contributed by atoms with Crippen LogP contribution in [0.3, 0.4) is 0 Å². The number of nitrogens with one attached hydrogen (secondary N) is 1. The van der Waals surface area contributed by atoms with Crippen LogP contribution in [-0.2, 0) is 0 Å². The lowest BCUT2D eigenvalue weighted by Gasteiger charge is -2.04.